The van der Waals surface area contributed by atoms with Gasteiger partial charge in [0.25, 0.3) is 0 Å². The first kappa shape index (κ1) is 20.8. The predicted molar refractivity (Wildman–Crippen MR) is 88.8 cm³/mol. The van der Waals surface area contributed by atoms with E-state index >= 15 is 0 Å². The van der Waals surface area contributed by atoms with Gasteiger partial charge in [0, 0.05) is 5.46 Å². The predicted octanol–water partition coefficient (Wildman–Crippen LogP) is 3.39. The van der Waals surface area contributed by atoms with Gasteiger partial charge in [0.1, 0.15) is 0 Å². The van der Waals surface area contributed by atoms with Gasteiger partial charge in [-0.3, -0.25) is 0 Å². The Hall–Kier alpha value is -1.48. The van der Waals surface area contributed by atoms with Gasteiger partial charge in [-0.15, -0.1) is 13.2 Å². The van der Waals surface area contributed by atoms with Crippen molar-refractivity contribution in [2.75, 3.05) is 6.61 Å². The molecule has 0 aliphatic heterocycles. The smallest absolute Gasteiger partial charge is 0.489 e. The van der Waals surface area contributed by atoms with Crippen LogP contribution in [-0.2, 0) is 0 Å². The van der Waals surface area contributed by atoms with Crippen LogP contribution in [0.25, 0.3) is 0 Å². The van der Waals surface area contributed by atoms with Crippen molar-refractivity contribution in [3.63, 3.8) is 0 Å². The van der Waals surface area contributed by atoms with E-state index in [0.717, 1.165) is 44.2 Å². The van der Waals surface area contributed by atoms with Crippen LogP contribution in [0.3, 0.4) is 0 Å². The van der Waals surface area contributed by atoms with Gasteiger partial charge in [-0.1, -0.05) is 38.7 Å². The number of hydrogen-bond donors (Lipinski definition) is 2. The number of ether oxygens (including phenoxy) is 2. The molecule has 0 amide bonds. The van der Waals surface area contributed by atoms with Crippen molar-refractivity contribution in [2.45, 2.75) is 51.8 Å². The monoisotopic (exact) mass is 378 g/mol. The first-order valence-corrected chi connectivity index (χ1v) is 8.78. The summed E-state index contributed by atoms with van der Waals surface area (Å²) in [7, 11) is -2.26. The second-order valence-electron chi connectivity index (χ2n) is 6.70. The van der Waals surface area contributed by atoms with E-state index in [2.05, 4.69) is 11.7 Å². The molecule has 0 heterocycles. The summed E-state index contributed by atoms with van der Waals surface area (Å²) in [6.07, 6.45) is 1.11. The SMILES string of the molecule is CCCC1CCC(COc2ccc(B(O)O)c(F)c2OC(F)(F)F)CC1. The summed E-state index contributed by atoms with van der Waals surface area (Å²) in [6, 6.07) is 2.03. The molecule has 0 radical (unpaired) electrons. The van der Waals surface area contributed by atoms with Crippen molar-refractivity contribution in [3.8, 4) is 11.5 Å². The summed E-state index contributed by atoms with van der Waals surface area (Å²) < 4.78 is 61.0. The topological polar surface area (TPSA) is 58.9 Å². The third-order valence-corrected chi connectivity index (χ3v) is 4.72. The van der Waals surface area contributed by atoms with Gasteiger partial charge >= 0.3 is 13.5 Å². The van der Waals surface area contributed by atoms with Gasteiger partial charge < -0.3 is 19.5 Å². The van der Waals surface area contributed by atoms with Crippen LogP contribution in [0.15, 0.2) is 12.1 Å². The van der Waals surface area contributed by atoms with Crippen molar-refractivity contribution >= 4 is 12.6 Å². The summed E-state index contributed by atoms with van der Waals surface area (Å²) in [6.45, 7) is 2.30. The van der Waals surface area contributed by atoms with Gasteiger partial charge in [0.05, 0.1) is 6.61 Å². The zero-order valence-electron chi connectivity index (χ0n) is 14.6. The minimum absolute atomic E-state index is 0.160. The summed E-state index contributed by atoms with van der Waals surface area (Å²) in [4.78, 5) is 0. The molecular weight excluding hydrogens is 355 g/mol. The maximum Gasteiger partial charge on any atom is 0.573 e. The zero-order valence-corrected chi connectivity index (χ0v) is 14.6. The fraction of sp³-hybridized carbons (Fsp3) is 0.647. The molecule has 146 valence electrons. The van der Waals surface area contributed by atoms with Crippen molar-refractivity contribution in [2.24, 2.45) is 11.8 Å². The van der Waals surface area contributed by atoms with Crippen LogP contribution in [-0.4, -0.2) is 30.1 Å². The molecule has 1 aliphatic carbocycles. The van der Waals surface area contributed by atoms with Crippen LogP contribution >= 0.6 is 0 Å². The Labute approximate surface area is 150 Å². The number of hydrogen-bond acceptors (Lipinski definition) is 4. The minimum Gasteiger partial charge on any atom is -0.489 e. The molecule has 0 saturated heterocycles. The maximum absolute atomic E-state index is 14.2. The average Bonchev–Trinajstić information content (AvgIpc) is 2.55. The largest absolute Gasteiger partial charge is 0.573 e. The fourth-order valence-electron chi connectivity index (χ4n) is 3.38. The summed E-state index contributed by atoms with van der Waals surface area (Å²) in [5.74, 6) is -2.21. The summed E-state index contributed by atoms with van der Waals surface area (Å²) >= 11 is 0. The molecule has 1 aromatic carbocycles. The average molecular weight is 378 g/mol. The van der Waals surface area contributed by atoms with Gasteiger partial charge in [-0.25, -0.2) is 4.39 Å². The Morgan fingerprint density at radius 1 is 1.12 bits per heavy atom. The molecule has 0 unspecified atom stereocenters. The fourth-order valence-corrected chi connectivity index (χ4v) is 3.38. The van der Waals surface area contributed by atoms with Gasteiger partial charge in [0.15, 0.2) is 11.6 Å². The van der Waals surface area contributed by atoms with Gasteiger partial charge in [0.2, 0.25) is 5.75 Å². The molecule has 0 atom stereocenters. The molecule has 1 aromatic rings. The molecule has 26 heavy (non-hydrogen) atoms. The van der Waals surface area contributed by atoms with Crippen LogP contribution in [0.2, 0.25) is 0 Å². The van der Waals surface area contributed by atoms with E-state index in [9.17, 15) is 17.6 Å². The third-order valence-electron chi connectivity index (χ3n) is 4.72. The number of alkyl halides is 3. The van der Waals surface area contributed by atoms with E-state index in [4.69, 9.17) is 14.8 Å². The molecule has 0 spiro atoms. The summed E-state index contributed by atoms with van der Waals surface area (Å²) in [5, 5.41) is 18.1. The van der Waals surface area contributed by atoms with E-state index in [1.165, 1.54) is 6.42 Å². The van der Waals surface area contributed by atoms with Gasteiger partial charge in [-0.2, -0.15) is 0 Å². The maximum atomic E-state index is 14.2. The summed E-state index contributed by atoms with van der Waals surface area (Å²) in [5.41, 5.74) is -0.711. The highest BCUT2D eigenvalue weighted by Crippen LogP contribution is 2.36. The second kappa shape index (κ2) is 8.95. The third kappa shape index (κ3) is 5.77. The van der Waals surface area contributed by atoms with E-state index < -0.39 is 36.3 Å². The molecule has 0 bridgehead atoms. The first-order valence-electron chi connectivity index (χ1n) is 8.78. The lowest BCUT2D eigenvalue weighted by atomic mass is 9.79. The molecule has 2 N–H and O–H groups in total. The number of rotatable bonds is 7. The van der Waals surface area contributed by atoms with E-state index in [-0.39, 0.29) is 12.5 Å². The van der Waals surface area contributed by atoms with E-state index in [1.54, 1.807) is 0 Å². The minimum atomic E-state index is -5.13. The second-order valence-corrected chi connectivity index (χ2v) is 6.70. The lowest BCUT2D eigenvalue weighted by molar-refractivity contribution is -0.276. The van der Waals surface area contributed by atoms with Crippen LogP contribution in [0.1, 0.15) is 45.4 Å². The zero-order chi connectivity index (χ0) is 19.3. The molecule has 2 rings (SSSR count). The quantitative estimate of drug-likeness (QED) is 0.564. The number of halogens is 4. The van der Waals surface area contributed by atoms with Crippen molar-refractivity contribution in [3.05, 3.63) is 17.9 Å². The van der Waals surface area contributed by atoms with Gasteiger partial charge in [-0.05, 0) is 30.7 Å². The van der Waals surface area contributed by atoms with Crippen molar-refractivity contribution in [1.29, 1.82) is 0 Å². The molecule has 0 aromatic heterocycles. The van der Waals surface area contributed by atoms with Crippen LogP contribution in [0.5, 0.6) is 11.5 Å². The highest BCUT2D eigenvalue weighted by atomic mass is 19.4. The molecule has 1 saturated carbocycles. The Kier molecular flexibility index (Phi) is 7.17. The van der Waals surface area contributed by atoms with Crippen LogP contribution in [0, 0.1) is 17.7 Å². The Bertz CT molecular complexity index is 587. The van der Waals surface area contributed by atoms with E-state index in [1.807, 2.05) is 0 Å². The lowest BCUT2D eigenvalue weighted by Crippen LogP contribution is -2.34. The molecule has 4 nitrogen and oxygen atoms in total. The Balaban J connectivity index is 2.07. The lowest BCUT2D eigenvalue weighted by Gasteiger charge is -2.28. The normalized spacial score (nSPS) is 20.7. The number of benzene rings is 1. The Morgan fingerprint density at radius 3 is 2.27 bits per heavy atom. The Morgan fingerprint density at radius 2 is 1.73 bits per heavy atom. The highest BCUT2D eigenvalue weighted by molar-refractivity contribution is 6.58. The molecule has 9 heteroatoms. The van der Waals surface area contributed by atoms with Crippen LogP contribution in [0.4, 0.5) is 17.6 Å². The standard InChI is InChI=1S/C17H23BF4O4/c1-2-3-11-4-6-12(7-5-11)10-25-14-9-8-13(18(23)24)15(19)16(14)26-17(20,21)22/h8-9,11-12,23-24H,2-7,10H2,1H3. The molecule has 1 aliphatic rings. The molecular formula is C17H23BF4O4. The first-order chi connectivity index (χ1) is 12.2. The van der Waals surface area contributed by atoms with Crippen molar-refractivity contribution < 1.29 is 37.1 Å². The highest BCUT2D eigenvalue weighted by Gasteiger charge is 2.36. The molecule has 1 fully saturated rings. The van der Waals surface area contributed by atoms with E-state index in [0.29, 0.717) is 5.92 Å². The van der Waals surface area contributed by atoms with Crippen molar-refractivity contribution in [1.82, 2.24) is 0 Å². The van der Waals surface area contributed by atoms with Crippen LogP contribution < -0.4 is 14.9 Å².